The van der Waals surface area contributed by atoms with Crippen molar-refractivity contribution in [3.05, 3.63) is 66.6 Å². The van der Waals surface area contributed by atoms with Crippen LogP contribution in [-0.2, 0) is 7.05 Å². The second-order valence-corrected chi connectivity index (χ2v) is 7.09. The number of nitrogens with one attached hydrogen (secondary N) is 1. The molecule has 0 aliphatic carbocycles. The molecule has 3 heterocycles. The first kappa shape index (κ1) is 17.9. The van der Waals surface area contributed by atoms with Crippen molar-refractivity contribution >= 4 is 27.8 Å². The molecule has 30 heavy (non-hydrogen) atoms. The summed E-state index contributed by atoms with van der Waals surface area (Å²) in [7, 11) is 3.51. The number of rotatable bonds is 4. The second-order valence-electron chi connectivity index (χ2n) is 7.09. The molecule has 0 radical (unpaired) electrons. The Bertz CT molecular complexity index is 1410. The molecule has 5 aromatic rings. The molecule has 0 unspecified atom stereocenters. The Labute approximate surface area is 171 Å². The maximum Gasteiger partial charge on any atom is 0.335 e. The third-order valence-electron chi connectivity index (χ3n) is 5.25. The molecule has 2 N–H and O–H groups in total. The van der Waals surface area contributed by atoms with E-state index in [4.69, 9.17) is 4.74 Å². The van der Waals surface area contributed by atoms with Gasteiger partial charge in [0.05, 0.1) is 36.3 Å². The minimum atomic E-state index is -0.953. The van der Waals surface area contributed by atoms with Crippen molar-refractivity contribution in [3.8, 4) is 28.1 Å². The number of carboxylic acids is 1. The van der Waals surface area contributed by atoms with Crippen molar-refractivity contribution in [1.29, 1.82) is 0 Å². The van der Waals surface area contributed by atoms with Gasteiger partial charge in [0.15, 0.2) is 0 Å². The van der Waals surface area contributed by atoms with Gasteiger partial charge in [0.1, 0.15) is 5.75 Å². The van der Waals surface area contributed by atoms with Crippen LogP contribution in [0.15, 0.2) is 61.1 Å². The highest BCUT2D eigenvalue weighted by molar-refractivity contribution is 6.16. The summed E-state index contributed by atoms with van der Waals surface area (Å²) in [6, 6.07) is 12.8. The van der Waals surface area contributed by atoms with Crippen molar-refractivity contribution in [2.75, 3.05) is 7.11 Å². The van der Waals surface area contributed by atoms with Gasteiger partial charge in [0.25, 0.3) is 0 Å². The van der Waals surface area contributed by atoms with Crippen molar-refractivity contribution in [3.63, 3.8) is 0 Å². The van der Waals surface area contributed by atoms with Crippen LogP contribution in [0.3, 0.4) is 0 Å². The Kier molecular flexibility index (Phi) is 4.03. The molecule has 2 aromatic carbocycles. The normalized spacial score (nSPS) is 11.3. The number of aryl methyl sites for hydroxylation is 1. The van der Waals surface area contributed by atoms with E-state index in [1.807, 2.05) is 49.8 Å². The lowest BCUT2D eigenvalue weighted by Gasteiger charge is -2.11. The molecule has 7 nitrogen and oxygen atoms in total. The Morgan fingerprint density at radius 3 is 2.53 bits per heavy atom. The largest absolute Gasteiger partial charge is 0.496 e. The summed E-state index contributed by atoms with van der Waals surface area (Å²) in [5, 5.41) is 15.5. The average molecular weight is 398 g/mol. The molecule has 148 valence electrons. The lowest BCUT2D eigenvalue weighted by atomic mass is 9.97. The maximum absolute atomic E-state index is 11.2. The molecule has 0 atom stereocenters. The maximum atomic E-state index is 11.2. The van der Waals surface area contributed by atoms with E-state index in [0.717, 1.165) is 44.2 Å². The van der Waals surface area contributed by atoms with E-state index >= 15 is 0 Å². The number of ether oxygens (including phenoxy) is 1. The summed E-state index contributed by atoms with van der Waals surface area (Å²) in [5.74, 6) is -0.239. The highest BCUT2D eigenvalue weighted by Gasteiger charge is 2.17. The average Bonchev–Trinajstić information content (AvgIpc) is 3.36. The number of carboxylic acid groups (broad SMARTS) is 1. The van der Waals surface area contributed by atoms with Crippen LogP contribution in [0.2, 0.25) is 0 Å². The predicted molar refractivity (Wildman–Crippen MR) is 115 cm³/mol. The number of hydrogen-bond donors (Lipinski definition) is 2. The van der Waals surface area contributed by atoms with Gasteiger partial charge in [-0.3, -0.25) is 9.67 Å². The molecular formula is C23H18N4O3. The summed E-state index contributed by atoms with van der Waals surface area (Å²) in [6.45, 7) is 0. The zero-order valence-corrected chi connectivity index (χ0v) is 16.4. The molecule has 0 saturated carbocycles. The van der Waals surface area contributed by atoms with E-state index in [-0.39, 0.29) is 5.56 Å². The molecule has 0 aliphatic heterocycles. The number of aromatic carboxylic acids is 1. The van der Waals surface area contributed by atoms with Gasteiger partial charge in [-0.15, -0.1) is 0 Å². The number of hydrogen-bond acceptors (Lipinski definition) is 4. The summed E-state index contributed by atoms with van der Waals surface area (Å²) in [4.78, 5) is 19.2. The van der Waals surface area contributed by atoms with E-state index in [1.165, 1.54) is 0 Å². The van der Waals surface area contributed by atoms with E-state index in [9.17, 15) is 9.90 Å². The molecule has 0 aliphatic rings. The monoisotopic (exact) mass is 398 g/mol. The highest BCUT2D eigenvalue weighted by atomic mass is 16.5. The van der Waals surface area contributed by atoms with E-state index in [1.54, 1.807) is 30.1 Å². The Morgan fingerprint density at radius 1 is 1.07 bits per heavy atom. The van der Waals surface area contributed by atoms with Crippen LogP contribution < -0.4 is 4.74 Å². The Balaban J connectivity index is 1.80. The van der Waals surface area contributed by atoms with Crippen LogP contribution in [0.5, 0.6) is 5.75 Å². The molecule has 0 amide bonds. The van der Waals surface area contributed by atoms with Crippen LogP contribution in [0.1, 0.15) is 10.4 Å². The number of carbonyl (C=O) groups is 1. The van der Waals surface area contributed by atoms with Gasteiger partial charge in [-0.25, -0.2) is 4.79 Å². The number of benzene rings is 2. The van der Waals surface area contributed by atoms with E-state index < -0.39 is 5.97 Å². The zero-order chi connectivity index (χ0) is 20.8. The molecular weight excluding hydrogens is 380 g/mol. The molecule has 3 aromatic heterocycles. The first-order valence-corrected chi connectivity index (χ1v) is 9.36. The van der Waals surface area contributed by atoms with Crippen molar-refractivity contribution in [2.45, 2.75) is 0 Å². The van der Waals surface area contributed by atoms with Crippen LogP contribution in [-0.4, -0.2) is 37.9 Å². The topological polar surface area (TPSA) is 93.0 Å². The zero-order valence-electron chi connectivity index (χ0n) is 16.4. The summed E-state index contributed by atoms with van der Waals surface area (Å²) in [5.41, 5.74) is 5.65. The van der Waals surface area contributed by atoms with Gasteiger partial charge in [0.2, 0.25) is 0 Å². The summed E-state index contributed by atoms with van der Waals surface area (Å²) >= 11 is 0. The van der Waals surface area contributed by atoms with Gasteiger partial charge in [-0.2, -0.15) is 5.10 Å². The number of aromatic amines is 1. The fraction of sp³-hybridized carbons (Fsp3) is 0.0870. The van der Waals surface area contributed by atoms with Crippen LogP contribution in [0.25, 0.3) is 44.2 Å². The fourth-order valence-electron chi connectivity index (χ4n) is 3.82. The molecule has 0 saturated heterocycles. The van der Waals surface area contributed by atoms with Gasteiger partial charge >= 0.3 is 5.97 Å². The lowest BCUT2D eigenvalue weighted by Crippen LogP contribution is -1.95. The molecule has 0 spiro atoms. The predicted octanol–water partition coefficient (Wildman–Crippen LogP) is 4.49. The van der Waals surface area contributed by atoms with Crippen molar-refractivity contribution in [1.82, 2.24) is 19.7 Å². The number of nitrogens with zero attached hydrogens (tertiary/aromatic N) is 3. The van der Waals surface area contributed by atoms with Crippen molar-refractivity contribution < 1.29 is 14.6 Å². The highest BCUT2D eigenvalue weighted by Crippen LogP contribution is 2.41. The fourth-order valence-corrected chi connectivity index (χ4v) is 3.82. The SMILES string of the molecule is COc1ccc2[nH]c3cnc(-c4cnn(C)c4)cc3c2c1-c1ccc(C(=O)O)cc1. The quantitative estimate of drug-likeness (QED) is 0.465. The minimum absolute atomic E-state index is 0.242. The third kappa shape index (κ3) is 2.79. The first-order valence-electron chi connectivity index (χ1n) is 9.36. The minimum Gasteiger partial charge on any atom is -0.496 e. The van der Waals surface area contributed by atoms with Crippen LogP contribution in [0.4, 0.5) is 0 Å². The number of methoxy groups -OCH3 is 1. The van der Waals surface area contributed by atoms with Crippen LogP contribution >= 0.6 is 0 Å². The van der Waals surface area contributed by atoms with Crippen LogP contribution in [0, 0.1) is 0 Å². The van der Waals surface area contributed by atoms with Crippen molar-refractivity contribution in [2.24, 2.45) is 7.05 Å². The number of pyridine rings is 1. The molecule has 7 heteroatoms. The summed E-state index contributed by atoms with van der Waals surface area (Å²) in [6.07, 6.45) is 5.53. The number of H-pyrrole nitrogens is 1. The molecule has 0 bridgehead atoms. The number of aromatic nitrogens is 4. The van der Waals surface area contributed by atoms with E-state index in [0.29, 0.717) is 5.75 Å². The Hall–Kier alpha value is -4.13. The van der Waals surface area contributed by atoms with Gasteiger partial charge in [0, 0.05) is 40.7 Å². The Morgan fingerprint density at radius 2 is 1.87 bits per heavy atom. The standard InChI is InChI=1S/C23H18N4O3/c1-27-12-15(10-25-27)18-9-16-19(11-24-18)26-17-7-8-20(30-2)21(22(16)17)13-3-5-14(6-4-13)23(28)29/h3-12,26H,1-2H3,(H,28,29). The molecule has 0 fully saturated rings. The molecule has 5 rings (SSSR count). The second kappa shape index (κ2) is 6.73. The first-order chi connectivity index (χ1) is 14.5. The van der Waals surface area contributed by atoms with Gasteiger partial charge in [-0.05, 0) is 35.9 Å². The van der Waals surface area contributed by atoms with E-state index in [2.05, 4.69) is 15.1 Å². The lowest BCUT2D eigenvalue weighted by molar-refractivity contribution is 0.0697. The third-order valence-corrected chi connectivity index (χ3v) is 5.25. The van der Waals surface area contributed by atoms with Gasteiger partial charge < -0.3 is 14.8 Å². The smallest absolute Gasteiger partial charge is 0.335 e. The summed E-state index contributed by atoms with van der Waals surface area (Å²) < 4.78 is 7.41. The van der Waals surface area contributed by atoms with Gasteiger partial charge in [-0.1, -0.05) is 12.1 Å². The number of fused-ring (bicyclic) bond motifs is 3.